The topological polar surface area (TPSA) is 91.7 Å². The average Bonchev–Trinajstić information content (AvgIpc) is 3.10. The van der Waals surface area contributed by atoms with Crippen LogP contribution in [0.4, 0.5) is 0 Å². The molecule has 1 N–H and O–H groups in total. The number of nitrogens with one attached hydrogen (secondary N) is 1. The number of nitrogens with zero attached hydrogens (tertiary/aromatic N) is 2. The van der Waals surface area contributed by atoms with E-state index in [1.54, 1.807) is 19.2 Å². The monoisotopic (exact) mass is 469 g/mol. The van der Waals surface area contributed by atoms with Gasteiger partial charge in [0, 0.05) is 32.2 Å². The molecule has 2 aliphatic rings. The molecule has 1 amide bonds. The molecule has 8 heteroatoms. The molecule has 1 fully saturated rings. The van der Waals surface area contributed by atoms with Crippen LogP contribution < -0.4 is 10.1 Å². The van der Waals surface area contributed by atoms with Gasteiger partial charge in [-0.25, -0.2) is 4.79 Å². The smallest absolute Gasteiger partial charge is 0.338 e. The van der Waals surface area contributed by atoms with Gasteiger partial charge in [-0.1, -0.05) is 13.8 Å². The van der Waals surface area contributed by atoms with E-state index in [1.165, 1.54) is 0 Å². The molecule has 2 aliphatic heterocycles. The van der Waals surface area contributed by atoms with Crippen molar-refractivity contribution >= 4 is 11.9 Å². The van der Waals surface area contributed by atoms with Crippen molar-refractivity contribution in [3.05, 3.63) is 46.3 Å². The fourth-order valence-electron chi connectivity index (χ4n) is 4.96. The van der Waals surface area contributed by atoms with Crippen LogP contribution in [0.2, 0.25) is 0 Å². The maximum atomic E-state index is 13.0. The first-order chi connectivity index (χ1) is 16.4. The first kappa shape index (κ1) is 24.3. The normalized spacial score (nSPS) is 18.1. The van der Waals surface area contributed by atoms with Gasteiger partial charge >= 0.3 is 5.97 Å². The molecule has 1 aromatic carbocycles. The van der Waals surface area contributed by atoms with Gasteiger partial charge in [0.05, 0.1) is 36.2 Å². The summed E-state index contributed by atoms with van der Waals surface area (Å²) in [6.45, 7) is 8.88. The van der Waals surface area contributed by atoms with E-state index < -0.39 is 0 Å². The van der Waals surface area contributed by atoms with Gasteiger partial charge < -0.3 is 19.5 Å². The van der Waals surface area contributed by atoms with Crippen molar-refractivity contribution in [2.24, 2.45) is 11.3 Å². The van der Waals surface area contributed by atoms with Crippen molar-refractivity contribution in [2.45, 2.75) is 53.0 Å². The number of rotatable bonds is 7. The third-order valence-electron chi connectivity index (χ3n) is 7.05. The molecular weight excluding hydrogens is 434 g/mol. The Morgan fingerprint density at radius 2 is 2.09 bits per heavy atom. The molecule has 1 saturated heterocycles. The average molecular weight is 470 g/mol. The Labute approximate surface area is 201 Å². The van der Waals surface area contributed by atoms with Crippen LogP contribution in [0, 0.1) is 18.3 Å². The Morgan fingerprint density at radius 1 is 1.32 bits per heavy atom. The number of carbonyl (C=O) groups is 2. The van der Waals surface area contributed by atoms with Crippen molar-refractivity contribution < 1.29 is 23.8 Å². The van der Waals surface area contributed by atoms with Crippen molar-refractivity contribution in [1.29, 1.82) is 0 Å². The number of benzene rings is 1. The molecule has 4 rings (SSSR count). The minimum absolute atomic E-state index is 0.00352. The van der Waals surface area contributed by atoms with E-state index in [9.17, 15) is 9.59 Å². The number of aryl methyl sites for hydroxylation is 2. The molecule has 2 aromatic rings. The van der Waals surface area contributed by atoms with E-state index in [4.69, 9.17) is 19.3 Å². The number of hydrogen-bond donors (Lipinski definition) is 1. The minimum atomic E-state index is -0.346. The Morgan fingerprint density at radius 3 is 2.76 bits per heavy atom. The van der Waals surface area contributed by atoms with Gasteiger partial charge in [0.2, 0.25) is 0 Å². The summed E-state index contributed by atoms with van der Waals surface area (Å²) in [4.78, 5) is 25.6. The molecule has 3 heterocycles. The lowest BCUT2D eigenvalue weighted by molar-refractivity contribution is 0.0151. The molecular formula is C26H35N3O5. The Bertz CT molecular complexity index is 1050. The van der Waals surface area contributed by atoms with Crippen LogP contribution in [-0.4, -0.2) is 55.1 Å². The van der Waals surface area contributed by atoms with Crippen LogP contribution in [-0.2, 0) is 28.9 Å². The van der Waals surface area contributed by atoms with Crippen LogP contribution in [0.3, 0.4) is 0 Å². The van der Waals surface area contributed by atoms with Gasteiger partial charge in [0.1, 0.15) is 5.75 Å². The fraction of sp³-hybridized carbons (Fsp3) is 0.577. The SMILES string of the molecule is CCc1nn(C[C@@H](C)COC(=O)c2ccc(OC)cc2C)c2c1C(=O)NCC1(CCOCC1)C2. The van der Waals surface area contributed by atoms with Gasteiger partial charge in [-0.15, -0.1) is 0 Å². The molecule has 184 valence electrons. The van der Waals surface area contributed by atoms with E-state index in [1.807, 2.05) is 31.5 Å². The first-order valence-electron chi connectivity index (χ1n) is 12.1. The lowest BCUT2D eigenvalue weighted by Crippen LogP contribution is -2.41. The third-order valence-corrected chi connectivity index (χ3v) is 7.05. The lowest BCUT2D eigenvalue weighted by Gasteiger charge is -2.36. The summed E-state index contributed by atoms with van der Waals surface area (Å²) in [5, 5.41) is 7.96. The number of esters is 1. The van der Waals surface area contributed by atoms with Crippen LogP contribution >= 0.6 is 0 Å². The Kier molecular flexibility index (Phi) is 7.26. The standard InChI is InChI=1S/C26H35N3O5/c1-5-21-23-22(13-26(16-27-24(23)30)8-10-33-11-9-26)29(28-21)14-17(2)15-34-25(31)20-7-6-19(32-4)12-18(20)3/h6-7,12,17H,5,8-11,13-16H2,1-4H3,(H,27,30)/t17-/m1/s1. The molecule has 1 spiro atoms. The number of methoxy groups -OCH3 is 1. The summed E-state index contributed by atoms with van der Waals surface area (Å²) in [6.07, 6.45) is 3.34. The molecule has 0 radical (unpaired) electrons. The summed E-state index contributed by atoms with van der Waals surface area (Å²) < 4.78 is 18.4. The number of amides is 1. The summed E-state index contributed by atoms with van der Waals surface area (Å²) in [7, 11) is 1.60. The van der Waals surface area contributed by atoms with E-state index in [2.05, 4.69) is 5.32 Å². The molecule has 8 nitrogen and oxygen atoms in total. The number of carbonyl (C=O) groups excluding carboxylic acids is 2. The van der Waals surface area contributed by atoms with Crippen LogP contribution in [0.5, 0.6) is 5.75 Å². The fourth-order valence-corrected chi connectivity index (χ4v) is 4.96. The first-order valence-corrected chi connectivity index (χ1v) is 12.1. The quantitative estimate of drug-likeness (QED) is 0.626. The second-order valence-corrected chi connectivity index (χ2v) is 9.66. The van der Waals surface area contributed by atoms with E-state index >= 15 is 0 Å². The zero-order chi connectivity index (χ0) is 24.3. The van der Waals surface area contributed by atoms with Gasteiger partial charge in [0.15, 0.2) is 0 Å². The Hall–Kier alpha value is -2.87. The second-order valence-electron chi connectivity index (χ2n) is 9.66. The molecule has 1 aromatic heterocycles. The van der Waals surface area contributed by atoms with E-state index in [0.717, 1.165) is 55.0 Å². The van der Waals surface area contributed by atoms with Crippen molar-refractivity contribution in [1.82, 2.24) is 15.1 Å². The van der Waals surface area contributed by atoms with E-state index in [-0.39, 0.29) is 29.8 Å². The highest BCUT2D eigenvalue weighted by molar-refractivity contribution is 5.97. The minimum Gasteiger partial charge on any atom is -0.497 e. The van der Waals surface area contributed by atoms with Crippen LogP contribution in [0.1, 0.15) is 64.4 Å². The predicted molar refractivity (Wildman–Crippen MR) is 127 cm³/mol. The number of hydrogen-bond acceptors (Lipinski definition) is 6. The molecule has 34 heavy (non-hydrogen) atoms. The predicted octanol–water partition coefficient (Wildman–Crippen LogP) is 3.34. The number of fused-ring (bicyclic) bond motifs is 1. The molecule has 0 aliphatic carbocycles. The summed E-state index contributed by atoms with van der Waals surface area (Å²) in [6, 6.07) is 5.31. The van der Waals surface area contributed by atoms with Crippen LogP contribution in [0.15, 0.2) is 18.2 Å². The maximum Gasteiger partial charge on any atom is 0.338 e. The maximum absolute atomic E-state index is 13.0. The highest BCUT2D eigenvalue weighted by atomic mass is 16.5. The summed E-state index contributed by atoms with van der Waals surface area (Å²) in [5.74, 6) is 0.365. The highest BCUT2D eigenvalue weighted by Crippen LogP contribution is 2.37. The van der Waals surface area contributed by atoms with Gasteiger partial charge in [-0.05, 0) is 61.8 Å². The number of aromatic nitrogens is 2. The zero-order valence-corrected chi connectivity index (χ0v) is 20.6. The highest BCUT2D eigenvalue weighted by Gasteiger charge is 2.39. The molecule has 1 atom stereocenters. The summed E-state index contributed by atoms with van der Waals surface area (Å²) >= 11 is 0. The second kappa shape index (κ2) is 10.2. The zero-order valence-electron chi connectivity index (χ0n) is 20.6. The van der Waals surface area contributed by atoms with Crippen molar-refractivity contribution in [3.8, 4) is 5.75 Å². The third kappa shape index (κ3) is 4.97. The van der Waals surface area contributed by atoms with Gasteiger partial charge in [-0.2, -0.15) is 5.10 Å². The molecule has 0 bridgehead atoms. The largest absolute Gasteiger partial charge is 0.497 e. The van der Waals surface area contributed by atoms with Gasteiger partial charge in [0.25, 0.3) is 5.91 Å². The van der Waals surface area contributed by atoms with Gasteiger partial charge in [-0.3, -0.25) is 9.48 Å². The Balaban J connectivity index is 1.48. The van der Waals surface area contributed by atoms with Crippen molar-refractivity contribution in [2.75, 3.05) is 33.5 Å². The van der Waals surface area contributed by atoms with E-state index in [0.29, 0.717) is 30.8 Å². The summed E-state index contributed by atoms with van der Waals surface area (Å²) in [5.41, 5.74) is 3.91. The lowest BCUT2D eigenvalue weighted by atomic mass is 9.76. The van der Waals surface area contributed by atoms with Crippen LogP contribution in [0.25, 0.3) is 0 Å². The van der Waals surface area contributed by atoms with Crippen molar-refractivity contribution in [3.63, 3.8) is 0 Å². The molecule has 0 saturated carbocycles. The molecule has 0 unspecified atom stereocenters. The number of ether oxygens (including phenoxy) is 3.